The SMILES string of the molecule is Cc1noc([C@H]2CCCN2S(=O)(=O)c2ccc3ccccc3c2)n1. The molecule has 0 radical (unpaired) electrons. The topological polar surface area (TPSA) is 76.3 Å². The van der Waals surface area contributed by atoms with Crippen LogP contribution in [0.5, 0.6) is 0 Å². The molecule has 1 aromatic heterocycles. The minimum Gasteiger partial charge on any atom is -0.338 e. The molecule has 0 aliphatic carbocycles. The zero-order chi connectivity index (χ0) is 16.7. The Balaban J connectivity index is 1.75. The molecule has 6 nitrogen and oxygen atoms in total. The smallest absolute Gasteiger partial charge is 0.245 e. The molecule has 3 aromatic rings. The van der Waals surface area contributed by atoms with Crippen LogP contribution in [0.25, 0.3) is 10.8 Å². The van der Waals surface area contributed by atoms with Gasteiger partial charge in [-0.3, -0.25) is 0 Å². The van der Waals surface area contributed by atoms with E-state index in [2.05, 4.69) is 10.1 Å². The average Bonchev–Trinajstić information content (AvgIpc) is 3.23. The fourth-order valence-corrected chi connectivity index (χ4v) is 4.87. The molecule has 7 heteroatoms. The van der Waals surface area contributed by atoms with Crippen molar-refractivity contribution < 1.29 is 12.9 Å². The monoisotopic (exact) mass is 343 g/mol. The number of benzene rings is 2. The number of nitrogens with zero attached hydrogens (tertiary/aromatic N) is 3. The lowest BCUT2D eigenvalue weighted by Crippen LogP contribution is -2.30. The summed E-state index contributed by atoms with van der Waals surface area (Å²) in [5.41, 5.74) is 0. The Kier molecular flexibility index (Phi) is 3.62. The highest BCUT2D eigenvalue weighted by Crippen LogP contribution is 2.36. The van der Waals surface area contributed by atoms with Crippen LogP contribution < -0.4 is 0 Å². The molecule has 0 saturated carbocycles. The number of aromatic nitrogens is 2. The quantitative estimate of drug-likeness (QED) is 0.730. The first kappa shape index (κ1) is 15.3. The van der Waals surface area contributed by atoms with Crippen molar-refractivity contribution in [2.24, 2.45) is 0 Å². The Morgan fingerprint density at radius 3 is 2.71 bits per heavy atom. The van der Waals surface area contributed by atoms with Crippen molar-refractivity contribution >= 4 is 20.8 Å². The second kappa shape index (κ2) is 5.68. The molecular weight excluding hydrogens is 326 g/mol. The summed E-state index contributed by atoms with van der Waals surface area (Å²) in [4.78, 5) is 4.51. The van der Waals surface area contributed by atoms with Crippen molar-refractivity contribution in [3.63, 3.8) is 0 Å². The molecule has 4 rings (SSSR count). The molecule has 1 aliphatic rings. The lowest BCUT2D eigenvalue weighted by Gasteiger charge is -2.21. The van der Waals surface area contributed by atoms with Gasteiger partial charge in [0.2, 0.25) is 15.9 Å². The first-order valence-corrected chi connectivity index (χ1v) is 9.30. The Labute approximate surface area is 140 Å². The van der Waals surface area contributed by atoms with Crippen LogP contribution in [-0.4, -0.2) is 29.4 Å². The van der Waals surface area contributed by atoms with Crippen molar-refractivity contribution in [3.05, 3.63) is 54.2 Å². The predicted molar refractivity (Wildman–Crippen MR) is 88.8 cm³/mol. The van der Waals surface area contributed by atoms with E-state index < -0.39 is 10.0 Å². The van der Waals surface area contributed by atoms with Gasteiger partial charge in [-0.1, -0.05) is 35.5 Å². The number of aryl methyl sites for hydroxylation is 1. The van der Waals surface area contributed by atoms with Crippen LogP contribution in [0.3, 0.4) is 0 Å². The van der Waals surface area contributed by atoms with E-state index in [4.69, 9.17) is 4.52 Å². The molecule has 0 amide bonds. The molecule has 1 saturated heterocycles. The molecule has 2 heterocycles. The van der Waals surface area contributed by atoms with Gasteiger partial charge >= 0.3 is 0 Å². The molecule has 124 valence electrons. The van der Waals surface area contributed by atoms with Gasteiger partial charge in [-0.05, 0) is 42.7 Å². The van der Waals surface area contributed by atoms with E-state index in [1.165, 1.54) is 4.31 Å². The van der Waals surface area contributed by atoms with Crippen LogP contribution in [0.4, 0.5) is 0 Å². The molecule has 0 unspecified atom stereocenters. The van der Waals surface area contributed by atoms with E-state index in [0.717, 1.165) is 17.2 Å². The largest absolute Gasteiger partial charge is 0.338 e. The molecule has 1 atom stereocenters. The second-order valence-corrected chi connectivity index (χ2v) is 7.85. The third-order valence-corrected chi connectivity index (χ3v) is 6.26. The van der Waals surface area contributed by atoms with E-state index in [-0.39, 0.29) is 6.04 Å². The minimum atomic E-state index is -3.61. The number of hydrogen-bond donors (Lipinski definition) is 0. The van der Waals surface area contributed by atoms with E-state index in [1.807, 2.05) is 30.3 Å². The summed E-state index contributed by atoms with van der Waals surface area (Å²) < 4.78 is 32.9. The van der Waals surface area contributed by atoms with E-state index >= 15 is 0 Å². The van der Waals surface area contributed by atoms with Crippen LogP contribution in [0.1, 0.15) is 30.6 Å². The lowest BCUT2D eigenvalue weighted by atomic mass is 10.1. The van der Waals surface area contributed by atoms with E-state index in [9.17, 15) is 8.42 Å². The Hall–Kier alpha value is -2.25. The van der Waals surface area contributed by atoms with Gasteiger partial charge in [0.05, 0.1) is 4.90 Å². The summed E-state index contributed by atoms with van der Waals surface area (Å²) in [5.74, 6) is 0.884. The number of fused-ring (bicyclic) bond motifs is 1. The molecule has 2 aromatic carbocycles. The average molecular weight is 343 g/mol. The van der Waals surface area contributed by atoms with Crippen LogP contribution in [0, 0.1) is 6.92 Å². The summed E-state index contributed by atoms with van der Waals surface area (Å²) in [6.45, 7) is 2.19. The summed E-state index contributed by atoms with van der Waals surface area (Å²) in [5, 5.41) is 5.70. The highest BCUT2D eigenvalue weighted by Gasteiger charge is 2.39. The van der Waals surface area contributed by atoms with Crippen molar-refractivity contribution in [3.8, 4) is 0 Å². The second-order valence-electron chi connectivity index (χ2n) is 5.96. The highest BCUT2D eigenvalue weighted by molar-refractivity contribution is 7.89. The number of rotatable bonds is 3. The van der Waals surface area contributed by atoms with Gasteiger partial charge in [0.15, 0.2) is 5.82 Å². The van der Waals surface area contributed by atoms with Crippen LogP contribution >= 0.6 is 0 Å². The fraction of sp³-hybridized carbons (Fsp3) is 0.294. The molecule has 0 N–H and O–H groups in total. The van der Waals surface area contributed by atoms with Crippen molar-refractivity contribution in [1.82, 2.24) is 14.4 Å². The van der Waals surface area contributed by atoms with Gasteiger partial charge in [0.1, 0.15) is 6.04 Å². The maximum Gasteiger partial charge on any atom is 0.245 e. The van der Waals surface area contributed by atoms with Crippen LogP contribution in [0.2, 0.25) is 0 Å². The fourth-order valence-electron chi connectivity index (χ4n) is 3.19. The normalized spacial score (nSPS) is 19.1. The summed E-state index contributed by atoms with van der Waals surface area (Å²) >= 11 is 0. The van der Waals surface area contributed by atoms with Crippen molar-refractivity contribution in [2.45, 2.75) is 30.7 Å². The van der Waals surface area contributed by atoms with Gasteiger partial charge in [-0.15, -0.1) is 0 Å². The maximum absolute atomic E-state index is 13.1. The van der Waals surface area contributed by atoms with Crippen molar-refractivity contribution in [2.75, 3.05) is 6.54 Å². The number of sulfonamides is 1. The zero-order valence-corrected chi connectivity index (χ0v) is 14.0. The minimum absolute atomic E-state index is 0.296. The molecule has 1 aliphatic heterocycles. The Bertz CT molecular complexity index is 997. The van der Waals surface area contributed by atoms with Crippen LogP contribution in [-0.2, 0) is 10.0 Å². The first-order valence-electron chi connectivity index (χ1n) is 7.86. The van der Waals surface area contributed by atoms with Crippen LogP contribution in [0.15, 0.2) is 51.9 Å². The Morgan fingerprint density at radius 1 is 1.17 bits per heavy atom. The van der Waals surface area contributed by atoms with E-state index in [1.54, 1.807) is 19.1 Å². The molecule has 0 bridgehead atoms. The number of hydrogen-bond acceptors (Lipinski definition) is 5. The van der Waals surface area contributed by atoms with E-state index in [0.29, 0.717) is 29.6 Å². The standard InChI is InChI=1S/C17H17N3O3S/c1-12-18-17(23-19-12)16-7-4-10-20(16)24(21,22)15-9-8-13-5-2-3-6-14(13)11-15/h2-3,5-6,8-9,11,16H,4,7,10H2,1H3/t16-/m1/s1. The zero-order valence-electron chi connectivity index (χ0n) is 13.2. The highest BCUT2D eigenvalue weighted by atomic mass is 32.2. The molecule has 24 heavy (non-hydrogen) atoms. The Morgan fingerprint density at radius 2 is 1.96 bits per heavy atom. The van der Waals surface area contributed by atoms with Gasteiger partial charge in [-0.25, -0.2) is 8.42 Å². The first-order chi connectivity index (χ1) is 11.6. The van der Waals surface area contributed by atoms with Gasteiger partial charge in [0, 0.05) is 6.54 Å². The van der Waals surface area contributed by atoms with Crippen molar-refractivity contribution in [1.29, 1.82) is 0 Å². The predicted octanol–water partition coefficient (Wildman–Crippen LogP) is 3.06. The maximum atomic E-state index is 13.1. The van der Waals surface area contributed by atoms with Gasteiger partial charge in [0.25, 0.3) is 0 Å². The third kappa shape index (κ3) is 2.50. The molecule has 1 fully saturated rings. The summed E-state index contributed by atoms with van der Waals surface area (Å²) in [6.07, 6.45) is 1.47. The molecular formula is C17H17N3O3S. The third-order valence-electron chi connectivity index (χ3n) is 4.36. The summed E-state index contributed by atoms with van der Waals surface area (Å²) in [6, 6.07) is 12.5. The lowest BCUT2D eigenvalue weighted by molar-refractivity contribution is 0.289. The van der Waals surface area contributed by atoms with Gasteiger partial charge < -0.3 is 4.52 Å². The molecule has 0 spiro atoms. The summed E-state index contributed by atoms with van der Waals surface area (Å²) in [7, 11) is -3.61. The van der Waals surface area contributed by atoms with Gasteiger partial charge in [-0.2, -0.15) is 9.29 Å².